The van der Waals surface area contributed by atoms with E-state index in [1.54, 1.807) is 0 Å². The van der Waals surface area contributed by atoms with E-state index >= 15 is 0 Å². The highest BCUT2D eigenvalue weighted by Gasteiger charge is 2.26. The van der Waals surface area contributed by atoms with Crippen LogP contribution in [0.15, 0.2) is 23.5 Å². The van der Waals surface area contributed by atoms with Gasteiger partial charge in [-0.05, 0) is 31.7 Å². The third kappa shape index (κ3) is 4.46. The molecule has 0 spiro atoms. The molecule has 34 heavy (non-hydrogen) atoms. The van der Waals surface area contributed by atoms with Gasteiger partial charge in [-0.25, -0.2) is 19.7 Å². The summed E-state index contributed by atoms with van der Waals surface area (Å²) in [6, 6.07) is 6.10. The first-order valence-electron chi connectivity index (χ1n) is 11.2. The highest BCUT2D eigenvalue weighted by molar-refractivity contribution is 7.98. The Balaban J connectivity index is 1.73. The third-order valence-corrected chi connectivity index (χ3v) is 6.67. The molecule has 0 aromatic carbocycles. The summed E-state index contributed by atoms with van der Waals surface area (Å²) >= 11 is 1.44. The van der Waals surface area contributed by atoms with Crippen LogP contribution in [0.4, 0.5) is 16.3 Å². The highest BCUT2D eigenvalue weighted by Crippen LogP contribution is 2.32. The average molecular weight is 481 g/mol. The highest BCUT2D eigenvalue weighted by atomic mass is 32.2. The molecule has 1 unspecified atom stereocenters. The van der Waals surface area contributed by atoms with Crippen molar-refractivity contribution in [3.63, 3.8) is 0 Å². The number of amides is 1. The molecule has 3 aromatic heterocycles. The van der Waals surface area contributed by atoms with E-state index in [-0.39, 0.29) is 6.04 Å². The first kappa shape index (κ1) is 23.6. The van der Waals surface area contributed by atoms with Gasteiger partial charge >= 0.3 is 6.09 Å². The topological polar surface area (TPSA) is 123 Å². The standard InChI is InChI=1S/C23H28N8O2S/c1-5-16-15(13-24)21(28-22(27-16)34-4)25-14(2)20-19(12-18-17(26-20)6-7-29(18)3)30-8-10-31(11-9-30)23(32)33/h6-7,12,14H,5,8-11H2,1-4H3,(H,32,33)(H,25,27,28). The molecule has 0 saturated carbocycles. The SMILES string of the molecule is CCc1nc(SC)nc(NC(C)c2nc3ccn(C)c3cc2N2CCN(C(=O)O)CC2)c1C#N. The van der Waals surface area contributed by atoms with Gasteiger partial charge in [-0.1, -0.05) is 18.7 Å². The molecular formula is C23H28N8O2S. The number of carboxylic acid groups (broad SMARTS) is 1. The summed E-state index contributed by atoms with van der Waals surface area (Å²) in [6.45, 7) is 6.00. The van der Waals surface area contributed by atoms with Gasteiger partial charge in [0.05, 0.1) is 34.2 Å². The fourth-order valence-corrected chi connectivity index (χ4v) is 4.61. The average Bonchev–Trinajstić information content (AvgIpc) is 3.22. The maximum atomic E-state index is 11.4. The number of rotatable bonds is 6. The monoisotopic (exact) mass is 480 g/mol. The molecule has 4 heterocycles. The van der Waals surface area contributed by atoms with E-state index < -0.39 is 6.09 Å². The Morgan fingerprint density at radius 3 is 2.65 bits per heavy atom. The van der Waals surface area contributed by atoms with Gasteiger partial charge in [-0.3, -0.25) is 0 Å². The summed E-state index contributed by atoms with van der Waals surface area (Å²) in [5.41, 5.74) is 4.82. The van der Waals surface area contributed by atoms with E-state index in [0.717, 1.165) is 22.4 Å². The first-order chi connectivity index (χ1) is 16.4. The Labute approximate surface area is 202 Å². The van der Waals surface area contributed by atoms with Gasteiger partial charge in [0.2, 0.25) is 0 Å². The summed E-state index contributed by atoms with van der Waals surface area (Å²) in [4.78, 5) is 29.0. The number of thioether (sulfide) groups is 1. The van der Waals surface area contributed by atoms with Crippen molar-refractivity contribution in [1.82, 2.24) is 24.4 Å². The molecule has 1 amide bonds. The molecule has 178 valence electrons. The van der Waals surface area contributed by atoms with Crippen molar-refractivity contribution in [2.75, 3.05) is 42.7 Å². The van der Waals surface area contributed by atoms with Crippen LogP contribution in [0.5, 0.6) is 0 Å². The number of pyridine rings is 1. The molecule has 1 atom stereocenters. The predicted molar refractivity (Wildman–Crippen MR) is 132 cm³/mol. The van der Waals surface area contributed by atoms with Crippen molar-refractivity contribution in [3.05, 3.63) is 35.3 Å². The minimum atomic E-state index is -0.893. The van der Waals surface area contributed by atoms with Crippen LogP contribution in [0, 0.1) is 11.3 Å². The molecular weight excluding hydrogens is 452 g/mol. The van der Waals surface area contributed by atoms with E-state index in [0.29, 0.717) is 54.8 Å². The number of aromatic nitrogens is 4. The summed E-state index contributed by atoms with van der Waals surface area (Å²) in [5.74, 6) is 0.503. The van der Waals surface area contributed by atoms with Crippen molar-refractivity contribution >= 4 is 40.4 Å². The smallest absolute Gasteiger partial charge is 0.407 e. The van der Waals surface area contributed by atoms with Crippen LogP contribution in [0.3, 0.4) is 0 Å². The number of carbonyl (C=O) groups is 1. The van der Waals surface area contributed by atoms with Crippen LogP contribution in [0.1, 0.15) is 36.8 Å². The lowest BCUT2D eigenvalue weighted by atomic mass is 10.1. The Kier molecular flexibility index (Phi) is 6.79. The van der Waals surface area contributed by atoms with Gasteiger partial charge < -0.3 is 24.8 Å². The van der Waals surface area contributed by atoms with Crippen LogP contribution in [0.2, 0.25) is 0 Å². The summed E-state index contributed by atoms with van der Waals surface area (Å²) in [7, 11) is 1.98. The minimum Gasteiger partial charge on any atom is -0.465 e. The van der Waals surface area contributed by atoms with Crippen molar-refractivity contribution in [2.24, 2.45) is 7.05 Å². The molecule has 10 nitrogen and oxygen atoms in total. The Bertz CT molecular complexity index is 1260. The second kappa shape index (κ2) is 9.77. The maximum absolute atomic E-state index is 11.4. The third-order valence-electron chi connectivity index (χ3n) is 6.12. The first-order valence-corrected chi connectivity index (χ1v) is 12.4. The van der Waals surface area contributed by atoms with E-state index in [4.69, 9.17) is 4.98 Å². The molecule has 3 aromatic rings. The number of aryl methyl sites for hydroxylation is 2. The molecule has 0 bridgehead atoms. The van der Waals surface area contributed by atoms with E-state index in [1.807, 2.05) is 44.0 Å². The Morgan fingerprint density at radius 2 is 2.03 bits per heavy atom. The van der Waals surface area contributed by atoms with Gasteiger partial charge in [0, 0.05) is 39.4 Å². The molecule has 1 saturated heterocycles. The van der Waals surface area contributed by atoms with Crippen LogP contribution in [0.25, 0.3) is 11.0 Å². The molecule has 1 fully saturated rings. The number of nitrogens with zero attached hydrogens (tertiary/aromatic N) is 7. The lowest BCUT2D eigenvalue weighted by molar-refractivity contribution is 0.142. The Morgan fingerprint density at radius 1 is 1.29 bits per heavy atom. The second-order valence-corrected chi connectivity index (χ2v) is 8.97. The van der Waals surface area contributed by atoms with Crippen molar-refractivity contribution < 1.29 is 9.90 Å². The number of anilines is 2. The molecule has 1 aliphatic heterocycles. The predicted octanol–water partition coefficient (Wildman–Crippen LogP) is 3.49. The van der Waals surface area contributed by atoms with Gasteiger partial charge in [0.1, 0.15) is 17.5 Å². The Hall–Kier alpha value is -3.52. The normalized spacial score (nSPS) is 14.8. The zero-order valence-electron chi connectivity index (χ0n) is 19.7. The zero-order chi connectivity index (χ0) is 24.4. The lowest BCUT2D eigenvalue weighted by Crippen LogP contribution is -2.48. The fraction of sp³-hybridized carbons (Fsp3) is 0.435. The number of piperazine rings is 1. The van der Waals surface area contributed by atoms with Gasteiger partial charge in [0.15, 0.2) is 5.16 Å². The van der Waals surface area contributed by atoms with Crippen LogP contribution >= 0.6 is 11.8 Å². The van der Waals surface area contributed by atoms with E-state index in [9.17, 15) is 15.2 Å². The van der Waals surface area contributed by atoms with Crippen molar-refractivity contribution in [2.45, 2.75) is 31.5 Å². The molecule has 4 rings (SSSR count). The van der Waals surface area contributed by atoms with E-state index in [1.165, 1.54) is 16.7 Å². The molecule has 0 aliphatic carbocycles. The molecule has 2 N–H and O–H groups in total. The summed E-state index contributed by atoms with van der Waals surface area (Å²) in [6.07, 6.45) is 3.63. The maximum Gasteiger partial charge on any atom is 0.407 e. The number of nitriles is 1. The van der Waals surface area contributed by atoms with Gasteiger partial charge in [-0.2, -0.15) is 5.26 Å². The van der Waals surface area contributed by atoms with Crippen molar-refractivity contribution in [3.8, 4) is 6.07 Å². The summed E-state index contributed by atoms with van der Waals surface area (Å²) in [5, 5.41) is 23.2. The molecule has 11 heteroatoms. The number of hydrogen-bond donors (Lipinski definition) is 2. The van der Waals surface area contributed by atoms with Crippen LogP contribution < -0.4 is 10.2 Å². The van der Waals surface area contributed by atoms with Gasteiger partial charge in [0.25, 0.3) is 0 Å². The zero-order valence-corrected chi connectivity index (χ0v) is 20.6. The molecule has 0 radical (unpaired) electrons. The number of nitrogens with one attached hydrogen (secondary N) is 1. The van der Waals surface area contributed by atoms with Crippen molar-refractivity contribution in [1.29, 1.82) is 5.26 Å². The van der Waals surface area contributed by atoms with Gasteiger partial charge in [-0.15, -0.1) is 0 Å². The number of fused-ring (bicyclic) bond motifs is 1. The number of hydrogen-bond acceptors (Lipinski definition) is 8. The summed E-state index contributed by atoms with van der Waals surface area (Å²) < 4.78 is 2.03. The van der Waals surface area contributed by atoms with E-state index in [2.05, 4.69) is 32.3 Å². The quantitative estimate of drug-likeness (QED) is 0.403. The van der Waals surface area contributed by atoms with Crippen LogP contribution in [-0.2, 0) is 13.5 Å². The van der Waals surface area contributed by atoms with Crippen LogP contribution in [-0.4, -0.2) is 68.1 Å². The fourth-order valence-electron chi connectivity index (χ4n) is 4.23. The lowest BCUT2D eigenvalue weighted by Gasteiger charge is -2.36. The second-order valence-electron chi connectivity index (χ2n) is 8.19. The minimum absolute atomic E-state index is 0.251. The largest absolute Gasteiger partial charge is 0.465 e. The molecule has 1 aliphatic rings.